The number of hydrogen-bond donors (Lipinski definition) is 2. The Balaban J connectivity index is 1.87. The Bertz CT molecular complexity index is 1260. The Kier molecular flexibility index (Phi) is 7.45. The molecule has 166 valence electrons. The lowest BCUT2D eigenvalue weighted by Gasteiger charge is -2.12. The summed E-state index contributed by atoms with van der Waals surface area (Å²) < 4.78 is 23.5. The van der Waals surface area contributed by atoms with Gasteiger partial charge in [-0.3, -0.25) is 9.59 Å². The third-order valence-electron chi connectivity index (χ3n) is 5.14. The predicted molar refractivity (Wildman–Crippen MR) is 124 cm³/mol. The van der Waals surface area contributed by atoms with Gasteiger partial charge in [0.05, 0.1) is 5.02 Å². The molecule has 0 aliphatic carbocycles. The number of ketones is 1. The summed E-state index contributed by atoms with van der Waals surface area (Å²) in [4.78, 5) is 24.5. The van der Waals surface area contributed by atoms with E-state index in [0.29, 0.717) is 23.1 Å². The van der Waals surface area contributed by atoms with Crippen molar-refractivity contribution >= 4 is 33.3 Å². The van der Waals surface area contributed by atoms with Crippen LogP contribution in [0, 0.1) is 0 Å². The minimum Gasteiger partial charge on any atom is -0.366 e. The van der Waals surface area contributed by atoms with Crippen molar-refractivity contribution in [3.8, 4) is 0 Å². The molecule has 0 radical (unpaired) electrons. The molecule has 1 amide bonds. The molecular weight excluding hydrogens is 448 g/mol. The van der Waals surface area contributed by atoms with Gasteiger partial charge in [0.15, 0.2) is 5.78 Å². The molecule has 4 N–H and O–H groups in total. The lowest BCUT2D eigenvalue weighted by Crippen LogP contribution is -2.15. The standard InChI is InChI=1S/C24H23ClN2O4S/c25-21-13-11-18(15-22(21)32(27,30)31)23(28)20-12-10-19(24(26)29)14-17(20)9-5-4-8-16-6-2-1-3-7-16/h1-3,6-7,10-15H,4-5,8-9H2,(H2,26,29)(H2,27,30,31). The number of benzene rings is 3. The number of carbonyl (C=O) groups is 2. The normalized spacial score (nSPS) is 11.3. The van der Waals surface area contributed by atoms with E-state index in [1.54, 1.807) is 12.1 Å². The summed E-state index contributed by atoms with van der Waals surface area (Å²) in [5.41, 5.74) is 8.13. The number of hydrogen-bond acceptors (Lipinski definition) is 4. The molecule has 3 aromatic carbocycles. The number of unbranched alkanes of at least 4 members (excludes halogenated alkanes) is 1. The molecule has 0 spiro atoms. The zero-order chi connectivity index (χ0) is 23.3. The van der Waals surface area contributed by atoms with Gasteiger partial charge in [-0.25, -0.2) is 13.6 Å². The number of halogens is 1. The van der Waals surface area contributed by atoms with Crippen LogP contribution in [0.5, 0.6) is 0 Å². The number of amides is 1. The van der Waals surface area contributed by atoms with Gasteiger partial charge in [-0.05, 0) is 73.2 Å². The van der Waals surface area contributed by atoms with E-state index in [-0.39, 0.29) is 21.3 Å². The van der Waals surface area contributed by atoms with Gasteiger partial charge >= 0.3 is 0 Å². The first kappa shape index (κ1) is 23.7. The maximum atomic E-state index is 13.2. The minimum atomic E-state index is -4.09. The number of carbonyl (C=O) groups excluding carboxylic acids is 2. The second kappa shape index (κ2) is 10.1. The summed E-state index contributed by atoms with van der Waals surface area (Å²) in [6, 6.07) is 18.7. The monoisotopic (exact) mass is 470 g/mol. The van der Waals surface area contributed by atoms with E-state index < -0.39 is 15.9 Å². The number of sulfonamides is 1. The van der Waals surface area contributed by atoms with E-state index in [0.717, 1.165) is 19.3 Å². The van der Waals surface area contributed by atoms with E-state index in [1.165, 1.54) is 29.8 Å². The van der Waals surface area contributed by atoms with Gasteiger partial charge in [-0.15, -0.1) is 0 Å². The van der Waals surface area contributed by atoms with E-state index in [4.69, 9.17) is 22.5 Å². The molecule has 6 nitrogen and oxygen atoms in total. The van der Waals surface area contributed by atoms with Crippen molar-refractivity contribution in [2.75, 3.05) is 0 Å². The Labute approximate surface area is 192 Å². The zero-order valence-electron chi connectivity index (χ0n) is 17.3. The summed E-state index contributed by atoms with van der Waals surface area (Å²) in [6.07, 6.45) is 3.15. The van der Waals surface area contributed by atoms with Crippen LogP contribution >= 0.6 is 11.6 Å². The molecule has 0 fully saturated rings. The third-order valence-corrected chi connectivity index (χ3v) is 6.53. The molecule has 32 heavy (non-hydrogen) atoms. The van der Waals surface area contributed by atoms with Gasteiger partial charge in [0.2, 0.25) is 15.9 Å². The molecule has 0 atom stereocenters. The first-order valence-electron chi connectivity index (χ1n) is 10.0. The summed E-state index contributed by atoms with van der Waals surface area (Å²) >= 11 is 5.93. The number of primary amides is 1. The lowest BCUT2D eigenvalue weighted by molar-refractivity contribution is 0.0996. The largest absolute Gasteiger partial charge is 0.366 e. The van der Waals surface area contributed by atoms with Crippen molar-refractivity contribution in [1.29, 1.82) is 0 Å². The second-order valence-corrected chi connectivity index (χ2v) is 9.39. The minimum absolute atomic E-state index is 0.0609. The van der Waals surface area contributed by atoms with E-state index in [2.05, 4.69) is 12.1 Å². The third kappa shape index (κ3) is 5.82. The zero-order valence-corrected chi connectivity index (χ0v) is 18.8. The van der Waals surface area contributed by atoms with Gasteiger partial charge in [0.1, 0.15) is 4.90 Å². The fourth-order valence-electron chi connectivity index (χ4n) is 3.48. The van der Waals surface area contributed by atoms with Crippen LogP contribution in [0.15, 0.2) is 71.6 Å². The number of aryl methyl sites for hydroxylation is 2. The van der Waals surface area contributed by atoms with Crippen LogP contribution in [0.4, 0.5) is 0 Å². The van der Waals surface area contributed by atoms with Crippen molar-refractivity contribution in [3.63, 3.8) is 0 Å². The Hall–Kier alpha value is -3.00. The first-order valence-corrected chi connectivity index (χ1v) is 11.9. The molecule has 0 aromatic heterocycles. The van der Waals surface area contributed by atoms with Crippen molar-refractivity contribution in [2.24, 2.45) is 10.9 Å². The number of nitrogens with two attached hydrogens (primary N) is 2. The van der Waals surface area contributed by atoms with Crippen molar-refractivity contribution < 1.29 is 18.0 Å². The SMILES string of the molecule is NC(=O)c1ccc(C(=O)c2ccc(Cl)c(S(N)(=O)=O)c2)c(CCCCc2ccccc2)c1. The average Bonchev–Trinajstić information content (AvgIpc) is 2.76. The highest BCUT2D eigenvalue weighted by molar-refractivity contribution is 7.89. The summed E-state index contributed by atoms with van der Waals surface area (Å²) in [7, 11) is -4.09. The molecular formula is C24H23ClN2O4S. The number of primary sulfonamides is 1. The second-order valence-electron chi connectivity index (χ2n) is 7.45. The molecule has 0 aliphatic rings. The molecule has 0 bridgehead atoms. The van der Waals surface area contributed by atoms with Crippen LogP contribution in [0.25, 0.3) is 0 Å². The lowest BCUT2D eigenvalue weighted by atomic mass is 9.93. The van der Waals surface area contributed by atoms with Gasteiger partial charge in [-0.1, -0.05) is 41.9 Å². The quantitative estimate of drug-likeness (QED) is 0.364. The summed E-state index contributed by atoms with van der Waals surface area (Å²) in [6.45, 7) is 0. The molecule has 8 heteroatoms. The molecule has 0 heterocycles. The van der Waals surface area contributed by atoms with E-state index in [9.17, 15) is 18.0 Å². The highest BCUT2D eigenvalue weighted by Gasteiger charge is 2.20. The van der Waals surface area contributed by atoms with Crippen LogP contribution in [0.1, 0.15) is 50.2 Å². The van der Waals surface area contributed by atoms with Gasteiger partial charge in [0.25, 0.3) is 0 Å². The van der Waals surface area contributed by atoms with Crippen LogP contribution in [-0.4, -0.2) is 20.1 Å². The average molecular weight is 471 g/mol. The molecule has 0 saturated heterocycles. The van der Waals surface area contributed by atoms with Crippen LogP contribution in [-0.2, 0) is 22.9 Å². The Morgan fingerprint density at radius 3 is 2.16 bits per heavy atom. The van der Waals surface area contributed by atoms with E-state index >= 15 is 0 Å². The summed E-state index contributed by atoms with van der Waals surface area (Å²) in [5.74, 6) is -0.974. The maximum Gasteiger partial charge on any atom is 0.248 e. The highest BCUT2D eigenvalue weighted by atomic mass is 35.5. The summed E-state index contributed by atoms with van der Waals surface area (Å²) in [5, 5.41) is 5.14. The van der Waals surface area contributed by atoms with Crippen LogP contribution in [0.3, 0.4) is 0 Å². The van der Waals surface area contributed by atoms with Crippen molar-refractivity contribution in [2.45, 2.75) is 30.6 Å². The number of rotatable bonds is 9. The van der Waals surface area contributed by atoms with E-state index in [1.807, 2.05) is 18.2 Å². The van der Waals surface area contributed by atoms with Gasteiger partial charge in [0, 0.05) is 16.7 Å². The molecule has 3 aromatic rings. The van der Waals surface area contributed by atoms with Crippen LogP contribution in [0.2, 0.25) is 5.02 Å². The van der Waals surface area contributed by atoms with Gasteiger partial charge in [-0.2, -0.15) is 0 Å². The fourth-order valence-corrected chi connectivity index (χ4v) is 4.55. The first-order chi connectivity index (χ1) is 15.2. The van der Waals surface area contributed by atoms with Crippen molar-refractivity contribution in [1.82, 2.24) is 0 Å². The Morgan fingerprint density at radius 1 is 0.844 bits per heavy atom. The molecule has 0 saturated carbocycles. The topological polar surface area (TPSA) is 120 Å². The Morgan fingerprint density at radius 2 is 1.50 bits per heavy atom. The predicted octanol–water partition coefficient (Wildman–Crippen LogP) is 3.88. The maximum absolute atomic E-state index is 13.2. The van der Waals surface area contributed by atoms with Crippen LogP contribution < -0.4 is 10.9 Å². The smallest absolute Gasteiger partial charge is 0.248 e. The highest BCUT2D eigenvalue weighted by Crippen LogP contribution is 2.25. The van der Waals surface area contributed by atoms with Gasteiger partial charge < -0.3 is 5.73 Å². The molecule has 0 aliphatic heterocycles. The van der Waals surface area contributed by atoms with Crippen molar-refractivity contribution in [3.05, 3.63) is 99.6 Å². The fraction of sp³-hybridized carbons (Fsp3) is 0.167. The molecule has 3 rings (SSSR count). The molecule has 0 unspecified atom stereocenters.